The molecule has 0 bridgehead atoms. The van der Waals surface area contributed by atoms with Gasteiger partial charge in [0.05, 0.1) is 23.4 Å². The minimum atomic E-state index is -0.320. The van der Waals surface area contributed by atoms with Crippen molar-refractivity contribution in [3.8, 4) is 0 Å². The highest BCUT2D eigenvalue weighted by Gasteiger charge is 2.31. The summed E-state index contributed by atoms with van der Waals surface area (Å²) in [5, 5.41) is 6.60. The Bertz CT molecular complexity index is 564. The van der Waals surface area contributed by atoms with Gasteiger partial charge in [0, 0.05) is 24.3 Å². The second-order valence-corrected chi connectivity index (χ2v) is 5.86. The summed E-state index contributed by atoms with van der Waals surface area (Å²) in [7, 11) is 1.77. The lowest BCUT2D eigenvalue weighted by atomic mass is 10.1. The second kappa shape index (κ2) is 5.83. The molecule has 0 aliphatic carbocycles. The van der Waals surface area contributed by atoms with Crippen molar-refractivity contribution in [3.63, 3.8) is 0 Å². The van der Waals surface area contributed by atoms with Crippen LogP contribution in [0.5, 0.6) is 0 Å². The molecule has 2 aliphatic heterocycles. The van der Waals surface area contributed by atoms with E-state index in [1.807, 2.05) is 12.1 Å². The van der Waals surface area contributed by atoms with Crippen LogP contribution in [-0.4, -0.2) is 38.8 Å². The molecule has 114 valence electrons. The van der Waals surface area contributed by atoms with E-state index >= 15 is 0 Å². The summed E-state index contributed by atoms with van der Waals surface area (Å²) >= 11 is 6.45. The molecule has 1 saturated heterocycles. The first kappa shape index (κ1) is 14.6. The van der Waals surface area contributed by atoms with Gasteiger partial charge in [-0.15, -0.1) is 0 Å². The fourth-order valence-corrected chi connectivity index (χ4v) is 3.28. The number of rotatable bonds is 3. The van der Waals surface area contributed by atoms with Gasteiger partial charge in [-0.25, -0.2) is 0 Å². The van der Waals surface area contributed by atoms with E-state index in [1.54, 1.807) is 7.05 Å². The molecule has 2 aliphatic rings. The molecule has 0 saturated carbocycles. The number of carbonyl (C=O) groups is 1. The number of ether oxygens (including phenoxy) is 1. The Hall–Kier alpha value is -1.30. The first-order valence-corrected chi connectivity index (χ1v) is 7.70. The van der Waals surface area contributed by atoms with Crippen molar-refractivity contribution < 1.29 is 9.53 Å². The van der Waals surface area contributed by atoms with E-state index in [9.17, 15) is 4.79 Å². The van der Waals surface area contributed by atoms with Gasteiger partial charge in [-0.05, 0) is 25.6 Å². The van der Waals surface area contributed by atoms with Crippen LogP contribution in [0.2, 0.25) is 5.02 Å². The first-order chi connectivity index (χ1) is 10.1. The van der Waals surface area contributed by atoms with Gasteiger partial charge in [-0.3, -0.25) is 4.79 Å². The number of benzene rings is 1. The predicted octanol–water partition coefficient (Wildman–Crippen LogP) is 2.17. The Morgan fingerprint density at radius 1 is 1.52 bits per heavy atom. The highest BCUT2D eigenvalue weighted by Crippen LogP contribution is 2.39. The van der Waals surface area contributed by atoms with Crippen molar-refractivity contribution >= 4 is 28.9 Å². The van der Waals surface area contributed by atoms with Gasteiger partial charge in [0.2, 0.25) is 5.91 Å². The smallest absolute Gasteiger partial charge is 0.246 e. The maximum absolute atomic E-state index is 11.9. The van der Waals surface area contributed by atoms with Crippen molar-refractivity contribution in [2.45, 2.75) is 25.5 Å². The van der Waals surface area contributed by atoms with Gasteiger partial charge < -0.3 is 20.3 Å². The molecule has 6 heteroatoms. The van der Waals surface area contributed by atoms with Crippen LogP contribution in [-0.2, 0) is 9.53 Å². The third-order valence-corrected chi connectivity index (χ3v) is 4.48. The summed E-state index contributed by atoms with van der Waals surface area (Å²) in [6, 6.07) is 3.55. The number of hydrogen-bond acceptors (Lipinski definition) is 4. The normalized spacial score (nSPS) is 24.9. The molecule has 0 aromatic heterocycles. The molecule has 1 aromatic carbocycles. The van der Waals surface area contributed by atoms with Crippen LogP contribution < -0.4 is 15.5 Å². The largest absolute Gasteiger partial charge is 0.375 e. The van der Waals surface area contributed by atoms with Crippen LogP contribution in [0.25, 0.3) is 0 Å². The third kappa shape index (κ3) is 2.61. The molecule has 21 heavy (non-hydrogen) atoms. The summed E-state index contributed by atoms with van der Waals surface area (Å²) in [5.41, 5.74) is 2.73. The van der Waals surface area contributed by atoms with E-state index in [1.165, 1.54) is 0 Å². The van der Waals surface area contributed by atoms with E-state index in [0.717, 1.165) is 36.4 Å². The number of anilines is 2. The monoisotopic (exact) mass is 309 g/mol. The Balaban J connectivity index is 1.91. The van der Waals surface area contributed by atoms with Gasteiger partial charge in [-0.2, -0.15) is 0 Å². The van der Waals surface area contributed by atoms with E-state index < -0.39 is 0 Å². The quantitative estimate of drug-likeness (QED) is 0.898. The number of nitrogens with one attached hydrogen (secondary N) is 2. The molecule has 2 heterocycles. The number of hydrogen-bond donors (Lipinski definition) is 2. The molecule has 2 N–H and O–H groups in total. The number of likely N-dealkylation sites (N-methyl/N-ethyl adjacent to an activating group) is 1. The van der Waals surface area contributed by atoms with Gasteiger partial charge in [0.25, 0.3) is 0 Å². The zero-order valence-corrected chi connectivity index (χ0v) is 13.0. The molecular formula is C15H20ClN3O2. The minimum Gasteiger partial charge on any atom is -0.375 e. The minimum absolute atomic E-state index is 0.0332. The number of fused-ring (bicyclic) bond motifs is 1. The Morgan fingerprint density at radius 2 is 2.33 bits per heavy atom. The number of morpholine rings is 1. The molecule has 2 atom stereocenters. The lowest BCUT2D eigenvalue weighted by molar-refractivity contribution is -0.117. The van der Waals surface area contributed by atoms with E-state index in [4.69, 9.17) is 16.3 Å². The van der Waals surface area contributed by atoms with Crippen LogP contribution in [0.4, 0.5) is 11.4 Å². The van der Waals surface area contributed by atoms with Crippen LogP contribution in [0.1, 0.15) is 24.9 Å². The highest BCUT2D eigenvalue weighted by atomic mass is 35.5. The number of amides is 1. The number of nitrogens with zero attached hydrogens (tertiary/aromatic N) is 1. The van der Waals surface area contributed by atoms with Crippen molar-refractivity contribution in [1.82, 2.24) is 5.32 Å². The molecule has 2 unspecified atom stereocenters. The average molecular weight is 310 g/mol. The fourth-order valence-electron chi connectivity index (χ4n) is 2.98. The fraction of sp³-hybridized carbons (Fsp3) is 0.533. The van der Waals surface area contributed by atoms with Crippen molar-refractivity contribution in [2.75, 3.05) is 37.0 Å². The molecular weight excluding hydrogens is 290 g/mol. The lowest BCUT2D eigenvalue weighted by Gasteiger charge is -2.35. The molecule has 1 fully saturated rings. The van der Waals surface area contributed by atoms with Gasteiger partial charge >= 0.3 is 0 Å². The van der Waals surface area contributed by atoms with Crippen molar-refractivity contribution in [3.05, 3.63) is 22.7 Å². The topological polar surface area (TPSA) is 53.6 Å². The molecule has 0 radical (unpaired) electrons. The maximum atomic E-state index is 11.9. The van der Waals surface area contributed by atoms with Crippen LogP contribution in [0.15, 0.2) is 12.1 Å². The summed E-state index contributed by atoms with van der Waals surface area (Å²) < 4.78 is 5.70. The second-order valence-electron chi connectivity index (χ2n) is 5.45. The molecule has 5 nitrogen and oxygen atoms in total. The van der Waals surface area contributed by atoms with Gasteiger partial charge in [0.1, 0.15) is 6.04 Å². The van der Waals surface area contributed by atoms with E-state index in [2.05, 4.69) is 22.5 Å². The lowest BCUT2D eigenvalue weighted by Crippen LogP contribution is -2.42. The Kier molecular flexibility index (Phi) is 4.06. The number of carbonyl (C=O) groups excluding carboxylic acids is 1. The highest BCUT2D eigenvalue weighted by molar-refractivity contribution is 6.33. The predicted molar refractivity (Wildman–Crippen MR) is 84.1 cm³/mol. The van der Waals surface area contributed by atoms with Crippen LogP contribution in [0.3, 0.4) is 0 Å². The van der Waals surface area contributed by atoms with E-state index in [-0.39, 0.29) is 18.1 Å². The zero-order chi connectivity index (χ0) is 15.0. The van der Waals surface area contributed by atoms with E-state index in [0.29, 0.717) is 11.6 Å². The van der Waals surface area contributed by atoms with Gasteiger partial charge in [0.15, 0.2) is 0 Å². The molecule has 0 spiro atoms. The van der Waals surface area contributed by atoms with Crippen LogP contribution >= 0.6 is 11.6 Å². The first-order valence-electron chi connectivity index (χ1n) is 7.32. The molecule has 1 aromatic rings. The summed E-state index contributed by atoms with van der Waals surface area (Å²) in [4.78, 5) is 14.1. The summed E-state index contributed by atoms with van der Waals surface area (Å²) in [6.07, 6.45) is 1.22. The van der Waals surface area contributed by atoms with Crippen molar-refractivity contribution in [1.29, 1.82) is 0 Å². The molecule has 1 amide bonds. The SMILES string of the molecule is CCC1CN(c2cc3c(cc2Cl)C(NC)C(=O)N3)CCO1. The van der Waals surface area contributed by atoms with Crippen molar-refractivity contribution in [2.24, 2.45) is 0 Å². The standard InChI is InChI=1S/C15H20ClN3O2/c1-3-9-8-19(4-5-21-9)13-7-12-10(6-11(13)16)14(17-2)15(20)18-12/h6-7,9,14,17H,3-5,8H2,1-2H3,(H,18,20). The summed E-state index contributed by atoms with van der Waals surface area (Å²) in [5.74, 6) is -0.0332. The third-order valence-electron chi connectivity index (χ3n) is 4.17. The number of halogens is 1. The Morgan fingerprint density at radius 3 is 3.05 bits per heavy atom. The summed E-state index contributed by atoms with van der Waals surface area (Å²) in [6.45, 7) is 4.48. The van der Waals surface area contributed by atoms with Crippen LogP contribution in [0, 0.1) is 0 Å². The average Bonchev–Trinajstić information content (AvgIpc) is 2.80. The molecule has 3 rings (SSSR count). The van der Waals surface area contributed by atoms with Gasteiger partial charge in [-0.1, -0.05) is 18.5 Å². The zero-order valence-electron chi connectivity index (χ0n) is 12.3. The maximum Gasteiger partial charge on any atom is 0.246 e. The Labute approximate surface area is 129 Å².